The lowest BCUT2D eigenvalue weighted by Gasteiger charge is -2.33. The van der Waals surface area contributed by atoms with E-state index in [0.29, 0.717) is 16.9 Å². The van der Waals surface area contributed by atoms with Crippen LogP contribution in [0.25, 0.3) is 0 Å². The van der Waals surface area contributed by atoms with E-state index in [2.05, 4.69) is 51.8 Å². The summed E-state index contributed by atoms with van der Waals surface area (Å²) < 4.78 is 11.7. The molecule has 1 atom stereocenters. The SMILES string of the molecule is CC(C)(C)CCCOCCN1CCO[C@H](CNCC(C)(C)C)C1. The Bertz CT molecular complexity index is 307. The maximum Gasteiger partial charge on any atom is 0.0826 e. The third-order valence-electron chi connectivity index (χ3n) is 4.02. The summed E-state index contributed by atoms with van der Waals surface area (Å²) in [5.41, 5.74) is 0.746. The standard InChI is InChI=1S/C19H40N2O2/c1-18(2,3)8-7-11-22-12-9-21-10-13-23-17(15-21)14-20-16-19(4,5)6/h17,20H,7-16H2,1-6H3/t17-/m1/s1. The van der Waals surface area contributed by atoms with Crippen molar-refractivity contribution in [3.8, 4) is 0 Å². The van der Waals surface area contributed by atoms with E-state index in [0.717, 1.165) is 59.0 Å². The highest BCUT2D eigenvalue weighted by atomic mass is 16.5. The quantitative estimate of drug-likeness (QED) is 0.659. The summed E-state index contributed by atoms with van der Waals surface area (Å²) in [4.78, 5) is 2.47. The minimum Gasteiger partial charge on any atom is -0.380 e. The maximum atomic E-state index is 5.86. The zero-order chi connectivity index (χ0) is 17.3. The number of nitrogens with one attached hydrogen (secondary N) is 1. The summed E-state index contributed by atoms with van der Waals surface area (Å²) in [6, 6.07) is 0. The number of hydrogen-bond donors (Lipinski definition) is 1. The molecule has 1 rings (SSSR count). The highest BCUT2D eigenvalue weighted by molar-refractivity contribution is 4.75. The first-order valence-corrected chi connectivity index (χ1v) is 9.28. The molecular weight excluding hydrogens is 288 g/mol. The van der Waals surface area contributed by atoms with Gasteiger partial charge in [-0.2, -0.15) is 0 Å². The van der Waals surface area contributed by atoms with Crippen LogP contribution in [-0.2, 0) is 9.47 Å². The van der Waals surface area contributed by atoms with Gasteiger partial charge in [-0.1, -0.05) is 41.5 Å². The molecule has 0 aromatic rings. The highest BCUT2D eigenvalue weighted by Crippen LogP contribution is 2.20. The lowest BCUT2D eigenvalue weighted by molar-refractivity contribution is -0.0356. The van der Waals surface area contributed by atoms with Crippen molar-refractivity contribution < 1.29 is 9.47 Å². The number of ether oxygens (including phenoxy) is 2. The van der Waals surface area contributed by atoms with E-state index < -0.39 is 0 Å². The van der Waals surface area contributed by atoms with Crippen LogP contribution in [0.3, 0.4) is 0 Å². The molecule has 1 saturated heterocycles. The second kappa shape index (κ2) is 9.97. The van der Waals surface area contributed by atoms with Crippen LogP contribution in [0.2, 0.25) is 0 Å². The van der Waals surface area contributed by atoms with Crippen LogP contribution in [0.4, 0.5) is 0 Å². The molecular formula is C19H40N2O2. The maximum absolute atomic E-state index is 5.86. The Morgan fingerprint density at radius 2 is 1.83 bits per heavy atom. The van der Waals surface area contributed by atoms with E-state index in [1.165, 1.54) is 6.42 Å². The monoisotopic (exact) mass is 328 g/mol. The van der Waals surface area contributed by atoms with Crippen LogP contribution in [0.1, 0.15) is 54.4 Å². The Kier molecular flexibility index (Phi) is 9.06. The fourth-order valence-electron chi connectivity index (χ4n) is 2.72. The van der Waals surface area contributed by atoms with Crippen molar-refractivity contribution in [2.24, 2.45) is 10.8 Å². The van der Waals surface area contributed by atoms with Crippen LogP contribution in [0, 0.1) is 10.8 Å². The first-order valence-electron chi connectivity index (χ1n) is 9.28. The minimum absolute atomic E-state index is 0.312. The first kappa shape index (κ1) is 20.9. The summed E-state index contributed by atoms with van der Waals surface area (Å²) in [5, 5.41) is 3.53. The summed E-state index contributed by atoms with van der Waals surface area (Å²) in [6.07, 6.45) is 2.70. The molecule has 0 saturated carbocycles. The Hall–Kier alpha value is -0.160. The predicted octanol–water partition coefficient (Wildman–Crippen LogP) is 3.17. The van der Waals surface area contributed by atoms with E-state index in [1.807, 2.05) is 0 Å². The molecule has 4 nitrogen and oxygen atoms in total. The van der Waals surface area contributed by atoms with Crippen LogP contribution in [0.15, 0.2) is 0 Å². The van der Waals surface area contributed by atoms with Crippen LogP contribution in [-0.4, -0.2) is 63.5 Å². The van der Waals surface area contributed by atoms with E-state index in [4.69, 9.17) is 9.47 Å². The fraction of sp³-hybridized carbons (Fsp3) is 1.00. The second-order valence-electron chi connectivity index (χ2n) is 9.26. The van der Waals surface area contributed by atoms with Gasteiger partial charge in [0.15, 0.2) is 0 Å². The van der Waals surface area contributed by atoms with Gasteiger partial charge in [0.2, 0.25) is 0 Å². The molecule has 0 aromatic carbocycles. The average molecular weight is 329 g/mol. The molecule has 1 aliphatic rings. The van der Waals surface area contributed by atoms with Crippen molar-refractivity contribution >= 4 is 0 Å². The van der Waals surface area contributed by atoms with Gasteiger partial charge in [-0.3, -0.25) is 4.90 Å². The Morgan fingerprint density at radius 1 is 1.09 bits per heavy atom. The average Bonchev–Trinajstić information content (AvgIpc) is 2.40. The topological polar surface area (TPSA) is 33.7 Å². The van der Waals surface area contributed by atoms with Gasteiger partial charge in [0, 0.05) is 39.3 Å². The normalized spacial score (nSPS) is 20.9. The molecule has 4 heteroatoms. The molecule has 0 amide bonds. The molecule has 1 N–H and O–H groups in total. The van der Waals surface area contributed by atoms with Crippen LogP contribution < -0.4 is 5.32 Å². The molecule has 1 heterocycles. The summed E-state index contributed by atoms with van der Waals surface area (Å²) in [6.45, 7) is 21.2. The van der Waals surface area contributed by atoms with Gasteiger partial charge < -0.3 is 14.8 Å². The zero-order valence-corrected chi connectivity index (χ0v) is 16.4. The predicted molar refractivity (Wildman–Crippen MR) is 98.0 cm³/mol. The van der Waals surface area contributed by atoms with E-state index >= 15 is 0 Å². The number of nitrogens with zero attached hydrogens (tertiary/aromatic N) is 1. The van der Waals surface area contributed by atoms with Crippen LogP contribution in [0.5, 0.6) is 0 Å². The van der Waals surface area contributed by atoms with Crippen LogP contribution >= 0.6 is 0 Å². The number of morpholine rings is 1. The summed E-state index contributed by atoms with van der Waals surface area (Å²) in [7, 11) is 0. The fourth-order valence-corrected chi connectivity index (χ4v) is 2.72. The Balaban J connectivity index is 2.06. The third-order valence-corrected chi connectivity index (χ3v) is 4.02. The Morgan fingerprint density at radius 3 is 2.48 bits per heavy atom. The summed E-state index contributed by atoms with van der Waals surface area (Å²) >= 11 is 0. The molecule has 138 valence electrons. The van der Waals surface area contributed by atoms with Gasteiger partial charge in [0.05, 0.1) is 19.3 Å². The van der Waals surface area contributed by atoms with E-state index in [9.17, 15) is 0 Å². The van der Waals surface area contributed by atoms with Gasteiger partial charge in [0.1, 0.15) is 0 Å². The van der Waals surface area contributed by atoms with Gasteiger partial charge in [-0.15, -0.1) is 0 Å². The molecule has 0 aliphatic carbocycles. The second-order valence-corrected chi connectivity index (χ2v) is 9.26. The lowest BCUT2D eigenvalue weighted by atomic mass is 9.91. The van der Waals surface area contributed by atoms with Crippen molar-refractivity contribution in [2.45, 2.75) is 60.5 Å². The van der Waals surface area contributed by atoms with Crippen molar-refractivity contribution in [2.75, 3.05) is 52.5 Å². The summed E-state index contributed by atoms with van der Waals surface area (Å²) in [5.74, 6) is 0. The van der Waals surface area contributed by atoms with Crippen molar-refractivity contribution in [1.82, 2.24) is 10.2 Å². The zero-order valence-electron chi connectivity index (χ0n) is 16.4. The number of hydrogen-bond acceptors (Lipinski definition) is 4. The molecule has 23 heavy (non-hydrogen) atoms. The molecule has 0 aromatic heterocycles. The largest absolute Gasteiger partial charge is 0.380 e. The molecule has 0 unspecified atom stereocenters. The minimum atomic E-state index is 0.312. The van der Waals surface area contributed by atoms with Crippen molar-refractivity contribution in [3.63, 3.8) is 0 Å². The number of rotatable bonds is 9. The molecule has 0 spiro atoms. The Labute approximate surface area is 144 Å². The van der Waals surface area contributed by atoms with Crippen molar-refractivity contribution in [1.29, 1.82) is 0 Å². The molecule has 1 aliphatic heterocycles. The van der Waals surface area contributed by atoms with Crippen molar-refractivity contribution in [3.05, 3.63) is 0 Å². The van der Waals surface area contributed by atoms with Gasteiger partial charge >= 0.3 is 0 Å². The smallest absolute Gasteiger partial charge is 0.0826 e. The van der Waals surface area contributed by atoms with Gasteiger partial charge in [-0.25, -0.2) is 0 Å². The first-order chi connectivity index (χ1) is 10.7. The highest BCUT2D eigenvalue weighted by Gasteiger charge is 2.20. The van der Waals surface area contributed by atoms with E-state index in [-0.39, 0.29) is 0 Å². The lowest BCUT2D eigenvalue weighted by Crippen LogP contribution is -2.48. The molecule has 0 bridgehead atoms. The third kappa shape index (κ3) is 11.9. The molecule has 1 fully saturated rings. The van der Waals surface area contributed by atoms with Gasteiger partial charge in [0.25, 0.3) is 0 Å². The van der Waals surface area contributed by atoms with E-state index in [1.54, 1.807) is 0 Å². The molecule has 0 radical (unpaired) electrons. The van der Waals surface area contributed by atoms with Gasteiger partial charge in [-0.05, 0) is 23.7 Å².